The van der Waals surface area contributed by atoms with Crippen LogP contribution in [-0.4, -0.2) is 135 Å². The molecule has 2 aliphatic heterocycles. The molecule has 462 valence electrons. The van der Waals surface area contributed by atoms with Crippen LogP contribution in [0.5, 0.6) is 11.5 Å². The Bertz CT molecular complexity index is 2830. The second-order valence-corrected chi connectivity index (χ2v) is 26.6. The summed E-state index contributed by atoms with van der Waals surface area (Å²) in [6, 6.07) is 2.74. The summed E-state index contributed by atoms with van der Waals surface area (Å²) in [5, 5.41) is 19.5. The summed E-state index contributed by atoms with van der Waals surface area (Å²) in [4.78, 5) is 119. The number of hydrogen-bond donors (Lipinski definition) is 11. The van der Waals surface area contributed by atoms with Gasteiger partial charge in [0.2, 0.25) is 11.8 Å². The Morgan fingerprint density at radius 2 is 1.20 bits per heavy atom. The number of carbonyl (C=O) groups is 5. The fourth-order valence-corrected chi connectivity index (χ4v) is 14.9. The van der Waals surface area contributed by atoms with Gasteiger partial charge in [-0.2, -0.15) is 34.7 Å². The topological polar surface area (TPSA) is 470 Å². The monoisotopic (exact) mass is 1300 g/mol. The minimum absolute atomic E-state index is 0.00129. The molecule has 0 bridgehead atoms. The number of ether oxygens (including phenoxy) is 3. The van der Waals surface area contributed by atoms with Crippen LogP contribution in [0.4, 0.5) is 13.2 Å². The molecule has 0 saturated carbocycles. The lowest BCUT2D eigenvalue weighted by Crippen LogP contribution is -2.44. The van der Waals surface area contributed by atoms with Gasteiger partial charge in [-0.05, 0) is 57.6 Å². The molecule has 0 radical (unpaired) electrons. The largest absolute Gasteiger partial charge is 0.490 e. The van der Waals surface area contributed by atoms with E-state index in [4.69, 9.17) is 27.1 Å². The van der Waals surface area contributed by atoms with Crippen molar-refractivity contribution in [3.63, 3.8) is 0 Å². The zero-order chi connectivity index (χ0) is 61.7. The van der Waals surface area contributed by atoms with Crippen molar-refractivity contribution in [3.8, 4) is 36.2 Å². The zero-order valence-corrected chi connectivity index (χ0v) is 48.3. The number of hydrogen-bond acceptors (Lipinski definition) is 22. The summed E-state index contributed by atoms with van der Waals surface area (Å²) in [6.07, 6.45) is 5.26. The molecule has 0 aliphatic carbocycles. The van der Waals surface area contributed by atoms with Crippen molar-refractivity contribution in [1.82, 2.24) is 21.3 Å². The smallest absolute Gasteiger partial charge is 0.481 e. The first-order valence-corrected chi connectivity index (χ1v) is 32.8. The predicted octanol–water partition coefficient (Wildman–Crippen LogP) is 3.74. The average molecular weight is 1300 g/mol. The molecular formula is C41H59F3N4O28P6. The molecule has 32 nitrogen and oxygen atoms in total. The third-order valence-electron chi connectivity index (χ3n) is 10.6. The Morgan fingerprint density at radius 1 is 0.707 bits per heavy atom. The van der Waals surface area contributed by atoms with Crippen LogP contribution in [0.2, 0.25) is 0 Å². The maximum atomic E-state index is 13.1. The van der Waals surface area contributed by atoms with Crippen LogP contribution < -0.4 is 30.7 Å². The second kappa shape index (κ2) is 32.3. The summed E-state index contributed by atoms with van der Waals surface area (Å²) in [6.45, 7) is -0.726. The lowest BCUT2D eigenvalue weighted by molar-refractivity contribution is -0.173. The van der Waals surface area contributed by atoms with E-state index in [1.54, 1.807) is 5.32 Å². The molecule has 1 aromatic carbocycles. The normalized spacial score (nSPS) is 21.7. The fraction of sp³-hybridized carbons (Fsp3) is 0.585. The number of carbonyl (C=O) groups excluding carboxylic acids is 5. The number of alkyl halides is 3. The molecule has 3 rings (SSSR count). The second-order valence-electron chi connectivity index (χ2n) is 17.2. The van der Waals surface area contributed by atoms with Crippen molar-refractivity contribution in [2.24, 2.45) is 5.92 Å². The van der Waals surface area contributed by atoms with E-state index in [9.17, 15) is 99.0 Å². The SMILES string of the molecule is C#CCOc1cc(C(=O)NCCCCCC(=O)NCCCCCCOP(=O)(O)OP(=O)(O)OP(=O)(O)OP(=O)(O)OP(=O)(O)OP(=O)(O)OC[C@H]2O[C@@H](C3C=C(C)C(=O)NC3=O)C[C@H]2O)cc(OCC#C)c1CCCNC(=O)C(F)(F)F. The van der Waals surface area contributed by atoms with Crippen molar-refractivity contribution in [2.45, 2.75) is 102 Å². The molecule has 1 fully saturated rings. The van der Waals surface area contributed by atoms with Crippen molar-refractivity contribution >= 4 is 76.5 Å². The molecule has 10 atom stereocenters. The standard InChI is InChI=1S/C41H59F3N4O28P6/c1-4-19-67-32-23-28(24-33(68-20-5-2)29(32)14-13-18-47-40(54)41(42,43)44)38(52)46-17-11-8-9-15-36(50)45-16-10-6-7-12-21-69-77(55,56)72-79(59,60)74-81(63,64)76-82(65,66)75-80(61,62)73-78(57,58)70-26-35-31(49)25-34(71-35)30-22-27(3)37(51)48-39(30)53/h1-2,22-24,30-31,34-35,49H,6-21,25-26H2,3H3,(H,45,50)(H,46,52)(H,47,54)(H,55,56)(H,57,58)(H,59,60)(H,61,62)(H,63,64)(H,65,66)(H,48,51,53)/t30?,31-,34-,35-/m1/s1. The Kier molecular flexibility index (Phi) is 28.4. The molecule has 7 unspecified atom stereocenters. The number of aliphatic hydroxyl groups excluding tert-OH is 1. The zero-order valence-electron chi connectivity index (χ0n) is 42.9. The van der Waals surface area contributed by atoms with Gasteiger partial charge < -0.3 is 64.6 Å². The number of rotatable bonds is 37. The third kappa shape index (κ3) is 26.8. The summed E-state index contributed by atoms with van der Waals surface area (Å²) in [5.41, 5.74) is 0.577. The van der Waals surface area contributed by atoms with E-state index in [-0.39, 0.29) is 99.9 Å². The first-order chi connectivity index (χ1) is 38.0. The van der Waals surface area contributed by atoms with Crippen molar-refractivity contribution < 1.29 is 144 Å². The number of phosphoric ester groups is 2. The quantitative estimate of drug-likeness (QED) is 0.0196. The highest BCUT2D eigenvalue weighted by Crippen LogP contribution is 2.75. The minimum atomic E-state index is -6.54. The van der Waals surface area contributed by atoms with Crippen molar-refractivity contribution in [1.29, 1.82) is 0 Å². The molecular weight excluding hydrogens is 1240 g/mol. The number of phosphoric acid groups is 6. The Morgan fingerprint density at radius 3 is 1.73 bits per heavy atom. The molecule has 82 heavy (non-hydrogen) atoms. The first kappa shape index (κ1) is 72.1. The van der Waals surface area contributed by atoms with Gasteiger partial charge in [-0.3, -0.25) is 38.3 Å². The van der Waals surface area contributed by atoms with Crippen LogP contribution >= 0.6 is 46.9 Å². The van der Waals surface area contributed by atoms with E-state index in [1.165, 1.54) is 25.1 Å². The van der Waals surface area contributed by atoms with Gasteiger partial charge in [0.25, 0.3) is 11.8 Å². The lowest BCUT2D eigenvalue weighted by atomic mass is 9.93. The number of benzene rings is 1. The molecule has 0 spiro atoms. The molecule has 11 N–H and O–H groups in total. The predicted molar refractivity (Wildman–Crippen MR) is 271 cm³/mol. The van der Waals surface area contributed by atoms with E-state index in [0.29, 0.717) is 37.7 Å². The summed E-state index contributed by atoms with van der Waals surface area (Å²) < 4.78 is 155. The Hall–Kier alpha value is -4.20. The van der Waals surface area contributed by atoms with E-state index in [1.807, 2.05) is 0 Å². The number of nitrogens with one attached hydrogen (secondary N) is 4. The van der Waals surface area contributed by atoms with E-state index in [0.717, 1.165) is 0 Å². The van der Waals surface area contributed by atoms with Gasteiger partial charge in [0.05, 0.1) is 31.3 Å². The highest BCUT2D eigenvalue weighted by molar-refractivity contribution is 7.72. The molecule has 2 aliphatic rings. The van der Waals surface area contributed by atoms with Crippen molar-refractivity contribution in [2.75, 3.05) is 46.1 Å². The molecule has 2 heterocycles. The van der Waals surface area contributed by atoms with E-state index < -0.39 is 114 Å². The maximum Gasteiger partial charge on any atom is 0.490 e. The summed E-state index contributed by atoms with van der Waals surface area (Å²) in [5.74, 6) is -0.717. The number of aliphatic hydroxyl groups is 1. The average Bonchev–Trinajstić information content (AvgIpc) is 3.84. The van der Waals surface area contributed by atoms with Gasteiger partial charge >= 0.3 is 59.0 Å². The van der Waals surface area contributed by atoms with Crippen molar-refractivity contribution in [3.05, 3.63) is 34.9 Å². The highest BCUT2D eigenvalue weighted by Gasteiger charge is 2.50. The molecule has 1 saturated heterocycles. The van der Waals surface area contributed by atoms with Gasteiger partial charge in [-0.15, -0.1) is 12.8 Å². The highest BCUT2D eigenvalue weighted by atomic mass is 31.3. The van der Waals surface area contributed by atoms with Gasteiger partial charge in [-0.1, -0.05) is 37.2 Å². The van der Waals surface area contributed by atoms with E-state index in [2.05, 4.69) is 58.4 Å². The maximum absolute atomic E-state index is 13.1. The van der Waals surface area contributed by atoms with Crippen LogP contribution in [0.25, 0.3) is 0 Å². The number of terminal acetylenes is 2. The van der Waals surface area contributed by atoms with Crippen LogP contribution in [0.1, 0.15) is 87.1 Å². The molecule has 1 aromatic rings. The van der Waals surface area contributed by atoms with Gasteiger partial charge in [0.15, 0.2) is 0 Å². The fourth-order valence-electron chi connectivity index (χ4n) is 7.09. The number of imide groups is 1. The van der Waals surface area contributed by atoms with Crippen LogP contribution in [0.15, 0.2) is 23.8 Å². The summed E-state index contributed by atoms with van der Waals surface area (Å²) in [7, 11) is -37.2. The van der Waals surface area contributed by atoms with Crippen LogP contribution in [0.3, 0.4) is 0 Å². The third-order valence-corrected chi connectivity index (χ3v) is 19.9. The van der Waals surface area contributed by atoms with Gasteiger partial charge in [0.1, 0.15) is 30.8 Å². The van der Waals surface area contributed by atoms with Gasteiger partial charge in [-0.25, -0.2) is 27.4 Å². The number of amides is 5. The lowest BCUT2D eigenvalue weighted by Gasteiger charge is -2.24. The summed E-state index contributed by atoms with van der Waals surface area (Å²) >= 11 is 0. The van der Waals surface area contributed by atoms with Crippen LogP contribution in [-0.2, 0) is 88.3 Å². The van der Waals surface area contributed by atoms with Crippen LogP contribution in [0, 0.1) is 30.6 Å². The Labute approximate surface area is 465 Å². The molecule has 5 amide bonds. The number of unbranched alkanes of at least 4 members (excludes halogenated alkanes) is 5. The first-order valence-electron chi connectivity index (χ1n) is 23.9. The van der Waals surface area contributed by atoms with E-state index >= 15 is 0 Å². The number of halogens is 3. The molecule has 0 aromatic heterocycles. The molecule has 41 heteroatoms. The van der Waals surface area contributed by atoms with Gasteiger partial charge in [0, 0.05) is 49.2 Å². The Balaban J connectivity index is 1.32. The minimum Gasteiger partial charge on any atom is -0.481 e.